The maximum atomic E-state index is 3.88. The van der Waals surface area contributed by atoms with E-state index in [-0.39, 0.29) is 0 Å². The van der Waals surface area contributed by atoms with Crippen LogP contribution in [0.2, 0.25) is 0 Å². The minimum atomic E-state index is 0.543. The van der Waals surface area contributed by atoms with Gasteiger partial charge in [-0.3, -0.25) is 0 Å². The molecule has 0 saturated carbocycles. The van der Waals surface area contributed by atoms with E-state index in [1.807, 2.05) is 14.0 Å². The average molecular weight is 139 g/mol. The van der Waals surface area contributed by atoms with Gasteiger partial charge in [0.1, 0.15) is 0 Å². The Hall–Kier alpha value is -0.720. The highest BCUT2D eigenvalue weighted by Gasteiger charge is 2.00. The minimum Gasteiger partial charge on any atom is -0.392 e. The van der Waals surface area contributed by atoms with E-state index in [2.05, 4.69) is 31.0 Å². The first-order chi connectivity index (χ1) is 4.72. The molecule has 0 aliphatic carbocycles. The maximum Gasteiger partial charge on any atom is 0.00629 e. The molecule has 0 aromatic carbocycles. The van der Waals surface area contributed by atoms with Gasteiger partial charge in [-0.2, -0.15) is 0 Å². The van der Waals surface area contributed by atoms with E-state index in [0.717, 1.165) is 12.1 Å². The Balaban J connectivity index is 3.61. The third-order valence-corrected chi connectivity index (χ3v) is 1.64. The zero-order valence-electron chi connectivity index (χ0n) is 7.15. The van der Waals surface area contributed by atoms with E-state index in [0.29, 0.717) is 5.92 Å². The van der Waals surface area contributed by atoms with Crippen molar-refractivity contribution in [3.63, 3.8) is 0 Å². The summed E-state index contributed by atoms with van der Waals surface area (Å²) in [5.41, 5.74) is 1.11. The van der Waals surface area contributed by atoms with Crippen molar-refractivity contribution in [1.82, 2.24) is 5.32 Å². The molecular formula is C9H17N. The van der Waals surface area contributed by atoms with Gasteiger partial charge in [0, 0.05) is 12.7 Å². The smallest absolute Gasteiger partial charge is 0.00629 e. The summed E-state index contributed by atoms with van der Waals surface area (Å²) in [7, 11) is 1.91. The number of hydrogen-bond acceptors (Lipinski definition) is 1. The molecule has 0 radical (unpaired) electrons. The van der Waals surface area contributed by atoms with E-state index < -0.39 is 0 Å². The number of allylic oxidation sites excluding steroid dienone is 3. The highest BCUT2D eigenvalue weighted by molar-refractivity contribution is 4.98. The topological polar surface area (TPSA) is 12.0 Å². The number of hydrogen-bond donors (Lipinski definition) is 1. The van der Waals surface area contributed by atoms with Crippen LogP contribution >= 0.6 is 0 Å². The summed E-state index contributed by atoms with van der Waals surface area (Å²) in [5.74, 6) is 0.543. The van der Waals surface area contributed by atoms with E-state index >= 15 is 0 Å². The van der Waals surface area contributed by atoms with Crippen molar-refractivity contribution in [3.8, 4) is 0 Å². The molecule has 0 aliphatic heterocycles. The van der Waals surface area contributed by atoms with Crippen molar-refractivity contribution in [2.75, 3.05) is 7.05 Å². The van der Waals surface area contributed by atoms with Crippen molar-refractivity contribution >= 4 is 0 Å². The Kier molecular flexibility index (Phi) is 4.73. The second kappa shape index (κ2) is 5.10. The molecule has 0 aromatic rings. The van der Waals surface area contributed by atoms with Crippen molar-refractivity contribution in [1.29, 1.82) is 0 Å². The Morgan fingerprint density at radius 3 is 2.70 bits per heavy atom. The molecule has 1 heteroatoms. The first-order valence-corrected chi connectivity index (χ1v) is 3.70. The van der Waals surface area contributed by atoms with Crippen LogP contribution in [0.1, 0.15) is 20.3 Å². The van der Waals surface area contributed by atoms with Gasteiger partial charge < -0.3 is 5.32 Å². The first kappa shape index (κ1) is 9.28. The largest absolute Gasteiger partial charge is 0.392 e. The molecule has 0 spiro atoms. The minimum absolute atomic E-state index is 0.543. The van der Waals surface area contributed by atoms with Crippen molar-refractivity contribution in [2.24, 2.45) is 5.92 Å². The van der Waals surface area contributed by atoms with Gasteiger partial charge in [-0.05, 0) is 19.3 Å². The van der Waals surface area contributed by atoms with Crippen molar-refractivity contribution in [3.05, 3.63) is 24.4 Å². The molecule has 0 aromatic heterocycles. The predicted molar refractivity (Wildman–Crippen MR) is 46.8 cm³/mol. The van der Waals surface area contributed by atoms with E-state index in [1.165, 1.54) is 0 Å². The quantitative estimate of drug-likeness (QED) is 0.589. The van der Waals surface area contributed by atoms with Crippen molar-refractivity contribution < 1.29 is 0 Å². The monoisotopic (exact) mass is 139 g/mol. The van der Waals surface area contributed by atoms with Gasteiger partial charge in [-0.15, -0.1) is 0 Å². The van der Waals surface area contributed by atoms with E-state index in [4.69, 9.17) is 0 Å². The lowest BCUT2D eigenvalue weighted by molar-refractivity contribution is 0.647. The molecular weight excluding hydrogens is 122 g/mol. The van der Waals surface area contributed by atoms with Gasteiger partial charge in [0.2, 0.25) is 0 Å². The van der Waals surface area contributed by atoms with Crippen LogP contribution in [0, 0.1) is 5.92 Å². The fourth-order valence-electron chi connectivity index (χ4n) is 0.729. The van der Waals surface area contributed by atoms with E-state index in [9.17, 15) is 0 Å². The molecule has 1 nitrogen and oxygen atoms in total. The van der Waals surface area contributed by atoms with Gasteiger partial charge in [0.15, 0.2) is 0 Å². The second-order valence-electron chi connectivity index (χ2n) is 2.48. The highest BCUT2D eigenvalue weighted by Crippen LogP contribution is 2.09. The van der Waals surface area contributed by atoms with Gasteiger partial charge >= 0.3 is 0 Å². The fraction of sp³-hybridized carbons (Fsp3) is 0.556. The molecule has 0 saturated heterocycles. The van der Waals surface area contributed by atoms with Crippen LogP contribution in [0.4, 0.5) is 0 Å². The highest BCUT2D eigenvalue weighted by atomic mass is 14.8. The Morgan fingerprint density at radius 1 is 1.70 bits per heavy atom. The van der Waals surface area contributed by atoms with Crippen molar-refractivity contribution in [2.45, 2.75) is 20.3 Å². The second-order valence-corrected chi connectivity index (χ2v) is 2.48. The van der Waals surface area contributed by atoms with Crippen LogP contribution in [-0.4, -0.2) is 7.05 Å². The van der Waals surface area contributed by atoms with Crippen LogP contribution in [0.5, 0.6) is 0 Å². The summed E-state index contributed by atoms with van der Waals surface area (Å²) in [6.07, 6.45) is 5.31. The first-order valence-electron chi connectivity index (χ1n) is 3.70. The van der Waals surface area contributed by atoms with Crippen LogP contribution in [0.25, 0.3) is 0 Å². The molecule has 1 atom stereocenters. The molecule has 0 heterocycles. The van der Waals surface area contributed by atoms with E-state index in [1.54, 1.807) is 0 Å². The Morgan fingerprint density at radius 2 is 2.30 bits per heavy atom. The Labute approximate surface area is 63.8 Å². The summed E-state index contributed by atoms with van der Waals surface area (Å²) in [4.78, 5) is 0. The van der Waals surface area contributed by atoms with Crippen LogP contribution in [-0.2, 0) is 0 Å². The zero-order valence-corrected chi connectivity index (χ0v) is 7.15. The molecule has 0 unspecified atom stereocenters. The molecule has 0 rings (SSSR count). The molecule has 58 valence electrons. The summed E-state index contributed by atoms with van der Waals surface area (Å²) in [6.45, 7) is 8.08. The molecule has 0 fully saturated rings. The lowest BCUT2D eigenvalue weighted by Gasteiger charge is -2.10. The van der Waals surface area contributed by atoms with Crippen LogP contribution < -0.4 is 5.32 Å². The third-order valence-electron chi connectivity index (χ3n) is 1.64. The number of rotatable bonds is 4. The SMILES string of the molecule is C=C(NC)[C@@H](C)C/C=C/C. The lowest BCUT2D eigenvalue weighted by Crippen LogP contribution is -2.11. The predicted octanol–water partition coefficient (Wildman–Crippen LogP) is 2.32. The summed E-state index contributed by atoms with van der Waals surface area (Å²) in [6, 6.07) is 0. The maximum absolute atomic E-state index is 3.88. The molecule has 1 N–H and O–H groups in total. The number of nitrogens with one attached hydrogen (secondary N) is 1. The molecule has 0 amide bonds. The standard InChI is InChI=1S/C9H17N/c1-5-6-7-8(2)9(3)10-4/h5-6,8,10H,3,7H2,1-2,4H3/b6-5+/t8-/m0/s1. The average Bonchev–Trinajstić information content (AvgIpc) is 1.98. The van der Waals surface area contributed by atoms with Gasteiger partial charge in [-0.1, -0.05) is 25.7 Å². The van der Waals surface area contributed by atoms with Gasteiger partial charge in [-0.25, -0.2) is 0 Å². The summed E-state index contributed by atoms with van der Waals surface area (Å²) in [5, 5.41) is 3.05. The lowest BCUT2D eigenvalue weighted by atomic mass is 10.1. The summed E-state index contributed by atoms with van der Waals surface area (Å²) < 4.78 is 0. The molecule has 0 aliphatic rings. The normalized spacial score (nSPS) is 13.5. The summed E-state index contributed by atoms with van der Waals surface area (Å²) >= 11 is 0. The fourth-order valence-corrected chi connectivity index (χ4v) is 0.729. The molecule has 0 bridgehead atoms. The Bertz CT molecular complexity index is 125. The van der Waals surface area contributed by atoms with Gasteiger partial charge in [0.05, 0.1) is 0 Å². The molecule has 10 heavy (non-hydrogen) atoms. The third kappa shape index (κ3) is 3.33. The van der Waals surface area contributed by atoms with Crippen LogP contribution in [0.15, 0.2) is 24.4 Å². The van der Waals surface area contributed by atoms with Gasteiger partial charge in [0.25, 0.3) is 0 Å². The van der Waals surface area contributed by atoms with Crippen LogP contribution in [0.3, 0.4) is 0 Å². The zero-order chi connectivity index (χ0) is 7.98.